The second kappa shape index (κ2) is 25.2. The molecular formula is C64H77BrN16O8. The average Bonchev–Trinajstić information content (AvgIpc) is 2.12. The molecule has 0 N–H and O–H groups in total. The van der Waals surface area contributed by atoms with Crippen molar-refractivity contribution in [1.29, 1.82) is 0 Å². The number of halogens is 1. The maximum absolute atomic E-state index is 14.1. The summed E-state index contributed by atoms with van der Waals surface area (Å²) in [5, 5.41) is 13.6. The molecule has 9 aromatic rings. The lowest BCUT2D eigenvalue weighted by Gasteiger charge is -2.34. The first-order chi connectivity index (χ1) is 42.0. The Balaban J connectivity index is 0.000000197. The number of fused-ring (bicyclic) bond motifs is 2. The van der Waals surface area contributed by atoms with Crippen molar-refractivity contribution in [3.8, 4) is 22.5 Å². The van der Waals surface area contributed by atoms with Gasteiger partial charge in [0.1, 0.15) is 34.0 Å². The number of nitrogens with zero attached hydrogens (tertiary/aromatic N) is 16. The van der Waals surface area contributed by atoms with Gasteiger partial charge >= 0.3 is 24.4 Å². The van der Waals surface area contributed by atoms with Gasteiger partial charge in [0.2, 0.25) is 0 Å². The summed E-state index contributed by atoms with van der Waals surface area (Å²) < 4.78 is 32.6. The monoisotopic (exact) mass is 1280 g/mol. The molecule has 2 unspecified atom stereocenters. The SMILES string of the molecule is CC(C)(C)OC(=O)N1CCCC(c2cc(N(C(=O)OC(C)(C)C)c3ccc(-n4ccnc4)cc3)n3ncc(Br)c3n2)C1.Cn1cc(-c2cnn3c(N(C(=O)OC(C)(C)C)c4ccc(-n5ccnc5)cc4)cc(C4CCCN(C(=O)OC(C)(C)C)C4)nc23)cn1. The Morgan fingerprint density at radius 3 is 1.38 bits per heavy atom. The zero-order valence-corrected chi connectivity index (χ0v) is 54.2. The second-order valence-electron chi connectivity index (χ2n) is 26.1. The maximum Gasteiger partial charge on any atom is 0.420 e. The van der Waals surface area contributed by atoms with E-state index in [0.717, 1.165) is 59.6 Å². The van der Waals surface area contributed by atoms with Crippen LogP contribution in [0, 0.1) is 0 Å². The molecule has 9 heterocycles. The summed E-state index contributed by atoms with van der Waals surface area (Å²) in [6.45, 7) is 24.3. The molecule has 2 atom stereocenters. The lowest BCUT2D eigenvalue weighted by molar-refractivity contribution is 0.0187. The number of ether oxygens (including phenoxy) is 4. The molecule has 4 amide bonds. The Bertz CT molecular complexity index is 3960. The van der Waals surface area contributed by atoms with Crippen molar-refractivity contribution in [3.63, 3.8) is 0 Å². The molecule has 2 aliphatic heterocycles. The summed E-state index contributed by atoms with van der Waals surface area (Å²) in [5.41, 5.74) is 4.47. The first kappa shape index (κ1) is 62.9. The molecule has 0 radical (unpaired) electrons. The van der Waals surface area contributed by atoms with Crippen LogP contribution >= 0.6 is 15.9 Å². The maximum atomic E-state index is 14.1. The fraction of sp³-hybridized carbons (Fsp3) is 0.422. The highest BCUT2D eigenvalue weighted by Crippen LogP contribution is 2.38. The molecule has 2 aliphatic rings. The molecular weight excluding hydrogens is 1200 g/mol. The summed E-state index contributed by atoms with van der Waals surface area (Å²) in [6.07, 6.45) is 19.0. The van der Waals surface area contributed by atoms with Gasteiger partial charge in [0, 0.05) is 111 Å². The van der Waals surface area contributed by atoms with E-state index in [0.29, 0.717) is 65.0 Å². The molecule has 25 heteroatoms. The van der Waals surface area contributed by atoms with Crippen LogP contribution in [0.2, 0.25) is 0 Å². The van der Waals surface area contributed by atoms with Crippen molar-refractivity contribution in [2.75, 3.05) is 36.0 Å². The predicted octanol–water partition coefficient (Wildman–Crippen LogP) is 13.4. The molecule has 11 rings (SSSR count). The number of carbonyl (C=O) groups is 4. The molecule has 0 bridgehead atoms. The minimum Gasteiger partial charge on any atom is -0.444 e. The van der Waals surface area contributed by atoms with Gasteiger partial charge in [-0.3, -0.25) is 4.68 Å². The lowest BCUT2D eigenvalue weighted by atomic mass is 9.94. The Labute approximate surface area is 525 Å². The Hall–Kier alpha value is -9.13. The quantitative estimate of drug-likeness (QED) is 0.122. The van der Waals surface area contributed by atoms with E-state index in [4.69, 9.17) is 34.0 Å². The normalized spacial score (nSPS) is 15.8. The van der Waals surface area contributed by atoms with E-state index in [-0.39, 0.29) is 24.0 Å². The number of rotatable bonds is 9. The molecule has 89 heavy (non-hydrogen) atoms. The van der Waals surface area contributed by atoms with Crippen LogP contribution in [0.4, 0.5) is 42.2 Å². The molecule has 468 valence electrons. The molecule has 24 nitrogen and oxygen atoms in total. The third-order valence-corrected chi connectivity index (χ3v) is 14.9. The summed E-state index contributed by atoms with van der Waals surface area (Å²) in [4.78, 5) is 78.7. The molecule has 0 saturated carbocycles. The fourth-order valence-corrected chi connectivity index (χ4v) is 10.8. The van der Waals surface area contributed by atoms with Gasteiger partial charge in [-0.05, 0) is 173 Å². The lowest BCUT2D eigenvalue weighted by Crippen LogP contribution is -2.42. The minimum atomic E-state index is -0.761. The predicted molar refractivity (Wildman–Crippen MR) is 339 cm³/mol. The van der Waals surface area contributed by atoms with Crippen molar-refractivity contribution in [2.24, 2.45) is 7.05 Å². The molecule has 2 fully saturated rings. The van der Waals surface area contributed by atoms with Crippen LogP contribution in [0.25, 0.3) is 33.8 Å². The van der Waals surface area contributed by atoms with Gasteiger partial charge in [-0.25, -0.2) is 48.9 Å². The first-order valence-corrected chi connectivity index (χ1v) is 30.4. The van der Waals surface area contributed by atoms with Gasteiger partial charge in [-0.2, -0.15) is 24.3 Å². The number of aromatic nitrogens is 12. The standard InChI is InChI=1S/C34H41N9O4.C30H36BrN7O4/c1-33(2,3)46-31(44)40-15-8-9-23(21-40)28-17-29(43-30(38-28)27(19-37-43)24-18-36-39(7)20-24)42(32(45)47-34(4,5)6)26-12-10-25(11-13-26)41-16-14-35-22-41;1-29(2,3)41-27(39)35-14-7-8-20(18-35)24-16-25(38-26(34-24)23(31)17-33-38)37(28(40)42-30(4,5)6)22-11-9-21(10-12-22)36-15-13-32-19-36/h10-14,16-20,22-23H,8-9,15,21H2,1-7H3;9-13,15-17,19-20H,7-8,14,18H2,1-6H3. The molecule has 0 spiro atoms. The number of hydrogen-bond acceptors (Lipinski definition) is 15. The minimum absolute atomic E-state index is 0.0686. The summed E-state index contributed by atoms with van der Waals surface area (Å²) in [6, 6.07) is 18.8. The number of likely N-dealkylation sites (tertiary alicyclic amines) is 2. The van der Waals surface area contributed by atoms with Crippen LogP contribution in [-0.4, -0.2) is 141 Å². The van der Waals surface area contributed by atoms with E-state index < -0.39 is 34.6 Å². The van der Waals surface area contributed by atoms with E-state index in [1.165, 1.54) is 9.80 Å². The van der Waals surface area contributed by atoms with Gasteiger partial charge in [0.15, 0.2) is 11.3 Å². The number of carbonyl (C=O) groups excluding carboxylic acids is 4. The Morgan fingerprint density at radius 1 is 0.551 bits per heavy atom. The highest BCUT2D eigenvalue weighted by Gasteiger charge is 2.36. The highest BCUT2D eigenvalue weighted by molar-refractivity contribution is 9.10. The van der Waals surface area contributed by atoms with Gasteiger partial charge in [0.25, 0.3) is 0 Å². The smallest absolute Gasteiger partial charge is 0.420 e. The third kappa shape index (κ3) is 15.1. The number of imidazole rings is 2. The number of amides is 4. The molecule has 2 aromatic carbocycles. The largest absolute Gasteiger partial charge is 0.444 e. The van der Waals surface area contributed by atoms with E-state index in [1.807, 2.05) is 179 Å². The van der Waals surface area contributed by atoms with Crippen LogP contribution in [0.1, 0.15) is 132 Å². The van der Waals surface area contributed by atoms with Crippen molar-refractivity contribution in [3.05, 3.63) is 139 Å². The summed E-state index contributed by atoms with van der Waals surface area (Å²) in [7, 11) is 1.85. The summed E-state index contributed by atoms with van der Waals surface area (Å²) >= 11 is 3.58. The highest BCUT2D eigenvalue weighted by atomic mass is 79.9. The van der Waals surface area contributed by atoms with Crippen molar-refractivity contribution < 1.29 is 38.1 Å². The van der Waals surface area contributed by atoms with Gasteiger partial charge in [-0.15, -0.1) is 0 Å². The van der Waals surface area contributed by atoms with Gasteiger partial charge in [-0.1, -0.05) is 0 Å². The fourth-order valence-electron chi connectivity index (χ4n) is 10.5. The van der Waals surface area contributed by atoms with Crippen molar-refractivity contribution in [1.82, 2.24) is 67.9 Å². The van der Waals surface area contributed by atoms with Crippen LogP contribution in [0.15, 0.2) is 127 Å². The van der Waals surface area contributed by atoms with E-state index in [9.17, 15) is 19.2 Å². The van der Waals surface area contributed by atoms with E-state index in [1.54, 1.807) is 67.2 Å². The van der Waals surface area contributed by atoms with Crippen LogP contribution in [-0.2, 0) is 26.0 Å². The van der Waals surface area contributed by atoms with Gasteiger partial charge in [0.05, 0.1) is 58.5 Å². The number of piperidine rings is 2. The zero-order valence-electron chi connectivity index (χ0n) is 52.7. The molecule has 2 saturated heterocycles. The second-order valence-corrected chi connectivity index (χ2v) is 27.0. The van der Waals surface area contributed by atoms with Crippen LogP contribution < -0.4 is 9.80 Å². The van der Waals surface area contributed by atoms with Gasteiger partial charge < -0.3 is 37.9 Å². The molecule has 7 aromatic heterocycles. The first-order valence-electron chi connectivity index (χ1n) is 29.7. The van der Waals surface area contributed by atoms with Crippen molar-refractivity contribution in [2.45, 2.75) is 143 Å². The number of hydrogen-bond donors (Lipinski definition) is 0. The average molecular weight is 1280 g/mol. The number of anilines is 4. The van der Waals surface area contributed by atoms with Crippen LogP contribution in [0.5, 0.6) is 0 Å². The van der Waals surface area contributed by atoms with E-state index in [2.05, 4.69) is 36.1 Å². The third-order valence-electron chi connectivity index (χ3n) is 14.3. The van der Waals surface area contributed by atoms with Crippen molar-refractivity contribution >= 4 is 74.6 Å². The number of benzene rings is 2. The Kier molecular flexibility index (Phi) is 17.8. The van der Waals surface area contributed by atoms with E-state index >= 15 is 0 Å². The zero-order chi connectivity index (χ0) is 63.7. The number of aryl methyl sites for hydroxylation is 1. The molecule has 0 aliphatic carbocycles. The summed E-state index contributed by atoms with van der Waals surface area (Å²) in [5.74, 6) is 0.751. The van der Waals surface area contributed by atoms with Crippen LogP contribution in [0.3, 0.4) is 0 Å². The Morgan fingerprint density at radius 2 is 0.978 bits per heavy atom. The topological polar surface area (TPSA) is 232 Å².